The minimum absolute atomic E-state index is 0.0728. The molecule has 0 aliphatic carbocycles. The standard InChI is InChI=1S/C29H36N6O3/c1-5-10-24(27-31-32-33-35(27)29(3,4)6-2)34(18-20-11-8-7-9-12-20)19-22-15-21-16-25-26(38-14-13-37-25)17-23(21)30-28(22)36/h7-9,11-12,15-17,24H,5-6,10,13-14,18-19H2,1-4H3,(H,30,36)/t24-/m0/s1. The molecule has 0 unspecified atom stereocenters. The van der Waals surface area contributed by atoms with E-state index < -0.39 is 0 Å². The average molecular weight is 517 g/mol. The molecule has 0 saturated heterocycles. The van der Waals surface area contributed by atoms with E-state index in [1.54, 1.807) is 0 Å². The van der Waals surface area contributed by atoms with Gasteiger partial charge in [0, 0.05) is 30.1 Å². The lowest BCUT2D eigenvalue weighted by Crippen LogP contribution is -2.36. The Morgan fingerprint density at radius 3 is 2.50 bits per heavy atom. The molecule has 2 aromatic heterocycles. The van der Waals surface area contributed by atoms with Crippen molar-refractivity contribution >= 4 is 10.9 Å². The summed E-state index contributed by atoms with van der Waals surface area (Å²) in [6, 6.07) is 16.0. The maximum Gasteiger partial charge on any atom is 0.252 e. The predicted molar refractivity (Wildman–Crippen MR) is 146 cm³/mol. The van der Waals surface area contributed by atoms with Gasteiger partial charge >= 0.3 is 0 Å². The van der Waals surface area contributed by atoms with E-state index >= 15 is 0 Å². The fourth-order valence-corrected chi connectivity index (χ4v) is 4.95. The number of fused-ring (bicyclic) bond motifs is 2. The Kier molecular flexibility index (Phi) is 7.46. The highest BCUT2D eigenvalue weighted by atomic mass is 16.6. The van der Waals surface area contributed by atoms with Crippen molar-refractivity contribution in [1.29, 1.82) is 0 Å². The fraction of sp³-hybridized carbons (Fsp3) is 0.448. The Balaban J connectivity index is 1.57. The third-order valence-corrected chi connectivity index (χ3v) is 7.42. The van der Waals surface area contributed by atoms with Crippen molar-refractivity contribution < 1.29 is 9.47 Å². The summed E-state index contributed by atoms with van der Waals surface area (Å²) in [5, 5.41) is 13.9. The molecule has 1 aliphatic heterocycles. The van der Waals surface area contributed by atoms with Gasteiger partial charge < -0.3 is 14.5 Å². The Hall–Kier alpha value is -3.72. The number of aromatic nitrogens is 5. The first kappa shape index (κ1) is 25.9. The van der Waals surface area contributed by atoms with Crippen LogP contribution in [-0.4, -0.2) is 43.3 Å². The molecule has 0 spiro atoms. The molecular weight excluding hydrogens is 480 g/mol. The molecule has 0 saturated carbocycles. The molecule has 1 aliphatic rings. The van der Waals surface area contributed by atoms with Crippen LogP contribution in [0.1, 0.15) is 70.0 Å². The van der Waals surface area contributed by atoms with Crippen LogP contribution in [0, 0.1) is 0 Å². The van der Waals surface area contributed by atoms with Gasteiger partial charge in [-0.3, -0.25) is 9.69 Å². The number of nitrogens with zero attached hydrogens (tertiary/aromatic N) is 5. The van der Waals surface area contributed by atoms with E-state index in [9.17, 15) is 4.79 Å². The van der Waals surface area contributed by atoms with Crippen molar-refractivity contribution in [3.63, 3.8) is 0 Å². The minimum Gasteiger partial charge on any atom is -0.486 e. The molecule has 5 rings (SSSR count). The van der Waals surface area contributed by atoms with Gasteiger partial charge in [0.25, 0.3) is 5.56 Å². The number of nitrogens with one attached hydrogen (secondary N) is 1. The summed E-state index contributed by atoms with van der Waals surface area (Å²) in [6.07, 6.45) is 2.70. The number of tetrazole rings is 1. The van der Waals surface area contributed by atoms with Crippen molar-refractivity contribution in [2.75, 3.05) is 13.2 Å². The molecule has 0 bridgehead atoms. The Labute approximate surface area is 222 Å². The van der Waals surface area contributed by atoms with Crippen LogP contribution in [-0.2, 0) is 18.6 Å². The molecule has 4 aromatic rings. The van der Waals surface area contributed by atoms with E-state index in [0.717, 1.165) is 36.0 Å². The highest BCUT2D eigenvalue weighted by Gasteiger charge is 2.31. The molecule has 38 heavy (non-hydrogen) atoms. The zero-order chi connectivity index (χ0) is 26.7. The number of benzene rings is 2. The van der Waals surface area contributed by atoms with Crippen LogP contribution in [0.5, 0.6) is 11.5 Å². The number of pyridine rings is 1. The van der Waals surface area contributed by atoms with Crippen LogP contribution in [0.25, 0.3) is 10.9 Å². The number of aromatic amines is 1. The van der Waals surface area contributed by atoms with Crippen LogP contribution in [0.3, 0.4) is 0 Å². The predicted octanol–water partition coefficient (Wildman–Crippen LogP) is 4.97. The van der Waals surface area contributed by atoms with Gasteiger partial charge in [-0.25, -0.2) is 4.68 Å². The molecule has 1 N–H and O–H groups in total. The van der Waals surface area contributed by atoms with Crippen molar-refractivity contribution in [1.82, 2.24) is 30.1 Å². The molecule has 200 valence electrons. The Morgan fingerprint density at radius 1 is 1.05 bits per heavy atom. The van der Waals surface area contributed by atoms with E-state index in [2.05, 4.69) is 65.2 Å². The van der Waals surface area contributed by atoms with Crippen molar-refractivity contribution in [3.8, 4) is 11.5 Å². The molecule has 0 fully saturated rings. The number of H-pyrrole nitrogens is 1. The topological polar surface area (TPSA) is 98.2 Å². The van der Waals surface area contributed by atoms with Gasteiger partial charge in [0.05, 0.1) is 17.1 Å². The van der Waals surface area contributed by atoms with Crippen LogP contribution >= 0.6 is 0 Å². The third kappa shape index (κ3) is 5.29. The first-order valence-corrected chi connectivity index (χ1v) is 13.4. The molecule has 1 atom stereocenters. The van der Waals surface area contributed by atoms with Crippen LogP contribution in [0.15, 0.2) is 53.3 Å². The van der Waals surface area contributed by atoms with Gasteiger partial charge in [0.15, 0.2) is 17.3 Å². The number of rotatable bonds is 10. The van der Waals surface area contributed by atoms with E-state index in [-0.39, 0.29) is 17.1 Å². The molecule has 3 heterocycles. The van der Waals surface area contributed by atoms with Crippen LogP contribution in [0.2, 0.25) is 0 Å². The quantitative estimate of drug-likeness (QED) is 0.318. The lowest BCUT2D eigenvalue weighted by Gasteiger charge is -2.33. The molecule has 9 nitrogen and oxygen atoms in total. The van der Waals surface area contributed by atoms with Crippen molar-refractivity contribution in [2.45, 2.75) is 71.6 Å². The van der Waals surface area contributed by atoms with Crippen molar-refractivity contribution in [2.24, 2.45) is 0 Å². The second kappa shape index (κ2) is 10.9. The Bertz CT molecular complexity index is 1450. The number of hydrogen-bond donors (Lipinski definition) is 1. The van der Waals surface area contributed by atoms with Crippen molar-refractivity contribution in [3.05, 3.63) is 75.8 Å². The van der Waals surface area contributed by atoms with Gasteiger partial charge in [0.2, 0.25) is 0 Å². The SMILES string of the molecule is CCC[C@@H](c1nnnn1C(C)(C)CC)N(Cc1ccccc1)Cc1cc2cc3c(cc2[nH]c1=O)OCCO3. The molecular formula is C29H36N6O3. The largest absolute Gasteiger partial charge is 0.486 e. The van der Waals surface area contributed by atoms with Gasteiger partial charge in [-0.05, 0) is 54.8 Å². The maximum absolute atomic E-state index is 13.3. The average Bonchev–Trinajstić information content (AvgIpc) is 3.42. The molecule has 0 amide bonds. The summed E-state index contributed by atoms with van der Waals surface area (Å²) in [5.74, 6) is 2.19. The van der Waals surface area contributed by atoms with E-state index in [4.69, 9.17) is 9.47 Å². The molecule has 0 radical (unpaired) electrons. The number of ether oxygens (including phenoxy) is 2. The normalized spacial score (nSPS) is 14.2. The highest BCUT2D eigenvalue weighted by molar-refractivity contribution is 5.83. The van der Waals surface area contributed by atoms with E-state index in [0.29, 0.717) is 43.4 Å². The highest BCUT2D eigenvalue weighted by Crippen LogP contribution is 2.35. The van der Waals surface area contributed by atoms with Gasteiger partial charge in [-0.1, -0.05) is 50.6 Å². The van der Waals surface area contributed by atoms with Crippen LogP contribution in [0.4, 0.5) is 0 Å². The lowest BCUT2D eigenvalue weighted by atomic mass is 10.00. The zero-order valence-corrected chi connectivity index (χ0v) is 22.6. The fourth-order valence-electron chi connectivity index (χ4n) is 4.95. The first-order valence-electron chi connectivity index (χ1n) is 13.4. The second-order valence-corrected chi connectivity index (χ2v) is 10.5. The summed E-state index contributed by atoms with van der Waals surface area (Å²) in [4.78, 5) is 18.7. The van der Waals surface area contributed by atoms with Gasteiger partial charge in [-0.2, -0.15) is 0 Å². The summed E-state index contributed by atoms with van der Waals surface area (Å²) in [6.45, 7) is 10.7. The molecule has 2 aromatic carbocycles. The van der Waals surface area contributed by atoms with Gasteiger partial charge in [0.1, 0.15) is 13.2 Å². The summed E-state index contributed by atoms with van der Waals surface area (Å²) in [7, 11) is 0. The second-order valence-electron chi connectivity index (χ2n) is 10.5. The van der Waals surface area contributed by atoms with E-state index in [1.165, 1.54) is 5.56 Å². The number of hydrogen-bond acceptors (Lipinski definition) is 7. The van der Waals surface area contributed by atoms with Gasteiger partial charge in [-0.15, -0.1) is 5.10 Å². The summed E-state index contributed by atoms with van der Waals surface area (Å²) < 4.78 is 13.4. The Morgan fingerprint density at radius 2 is 1.79 bits per heavy atom. The summed E-state index contributed by atoms with van der Waals surface area (Å²) >= 11 is 0. The lowest BCUT2D eigenvalue weighted by molar-refractivity contribution is 0.145. The third-order valence-electron chi connectivity index (χ3n) is 7.42. The maximum atomic E-state index is 13.3. The smallest absolute Gasteiger partial charge is 0.252 e. The first-order chi connectivity index (χ1) is 18.4. The van der Waals surface area contributed by atoms with Crippen LogP contribution < -0.4 is 15.0 Å². The molecule has 9 heteroatoms. The minimum atomic E-state index is -0.231. The monoisotopic (exact) mass is 516 g/mol. The zero-order valence-electron chi connectivity index (χ0n) is 22.6. The summed E-state index contributed by atoms with van der Waals surface area (Å²) in [5.41, 5.74) is 2.23. The van der Waals surface area contributed by atoms with E-state index in [1.807, 2.05) is 41.1 Å².